The predicted molar refractivity (Wildman–Crippen MR) is 102 cm³/mol. The quantitative estimate of drug-likeness (QED) is 0.504. The highest BCUT2D eigenvalue weighted by molar-refractivity contribution is 7.71. The molecule has 1 aromatic carbocycles. The maximum Gasteiger partial charge on any atom is 0.270 e. The number of nitro benzene ring substituents is 1. The van der Waals surface area contributed by atoms with Crippen molar-refractivity contribution in [1.29, 1.82) is 0 Å². The standard InChI is InChI=1S/C17H16N4O4S/c1-3-19-15(22)13(16(23)20(4-2)17(19)26)7-10-9-18-14-6-5-11(21(24)25)8-12(10)14/h5-9,22H,3-4H2,1-2H3/b10-7+. The van der Waals surface area contributed by atoms with Gasteiger partial charge in [0.15, 0.2) is 4.77 Å². The summed E-state index contributed by atoms with van der Waals surface area (Å²) in [5.74, 6) is -0.230. The predicted octanol–water partition coefficient (Wildman–Crippen LogP) is 3.29. The molecule has 0 saturated heterocycles. The Bertz CT molecular complexity index is 1100. The molecule has 0 aliphatic carbocycles. The van der Waals surface area contributed by atoms with Crippen LogP contribution in [-0.2, 0) is 13.1 Å². The van der Waals surface area contributed by atoms with Crippen LogP contribution in [0.3, 0.4) is 0 Å². The van der Waals surface area contributed by atoms with Crippen molar-refractivity contribution in [3.63, 3.8) is 0 Å². The lowest BCUT2D eigenvalue weighted by atomic mass is 10.0. The number of aromatic hydroxyl groups is 1. The summed E-state index contributed by atoms with van der Waals surface area (Å²) < 4.78 is 3.11. The first-order valence-electron chi connectivity index (χ1n) is 8.00. The Morgan fingerprint density at radius 2 is 2.00 bits per heavy atom. The number of allylic oxidation sites excluding steroid dienone is 1. The molecule has 8 nitrogen and oxygen atoms in total. The summed E-state index contributed by atoms with van der Waals surface area (Å²) in [6, 6.07) is 4.32. The monoisotopic (exact) mass is 372 g/mol. The van der Waals surface area contributed by atoms with Gasteiger partial charge in [0.05, 0.1) is 10.6 Å². The van der Waals surface area contributed by atoms with Crippen LogP contribution in [0.4, 0.5) is 11.4 Å². The van der Waals surface area contributed by atoms with Crippen LogP contribution in [-0.4, -0.2) is 25.4 Å². The Labute approximate surface area is 153 Å². The second-order valence-electron chi connectivity index (χ2n) is 5.63. The minimum absolute atomic E-state index is 0.0696. The molecule has 0 amide bonds. The van der Waals surface area contributed by atoms with E-state index < -0.39 is 10.5 Å². The number of aliphatic imine (C=N–C) groups is 1. The van der Waals surface area contributed by atoms with E-state index >= 15 is 0 Å². The molecule has 1 aliphatic rings. The number of nitrogens with zero attached hydrogens (tertiary/aromatic N) is 4. The Morgan fingerprint density at radius 3 is 2.62 bits per heavy atom. The SMILES string of the molecule is CCn1c(O)c(/C=C2\C=Nc3ccc([N+](=O)[O-])cc32)c(=O)n(CC)c1=S. The van der Waals surface area contributed by atoms with E-state index in [1.54, 1.807) is 13.0 Å². The minimum atomic E-state index is -0.491. The van der Waals surface area contributed by atoms with Crippen molar-refractivity contribution in [2.45, 2.75) is 26.9 Å². The second kappa shape index (κ2) is 6.68. The molecular weight excluding hydrogens is 356 g/mol. The largest absolute Gasteiger partial charge is 0.494 e. The van der Waals surface area contributed by atoms with E-state index in [1.165, 1.54) is 33.6 Å². The second-order valence-corrected chi connectivity index (χ2v) is 6.00. The molecular formula is C17H16N4O4S. The Morgan fingerprint density at radius 1 is 1.31 bits per heavy atom. The van der Waals surface area contributed by atoms with Gasteiger partial charge in [0.2, 0.25) is 5.88 Å². The highest BCUT2D eigenvalue weighted by atomic mass is 32.1. The number of non-ortho nitro benzene ring substituents is 1. The summed E-state index contributed by atoms with van der Waals surface area (Å²) in [5, 5.41) is 21.5. The lowest BCUT2D eigenvalue weighted by Crippen LogP contribution is -2.26. The van der Waals surface area contributed by atoms with Crippen molar-refractivity contribution in [2.24, 2.45) is 4.99 Å². The highest BCUT2D eigenvalue weighted by Gasteiger charge is 2.20. The number of hydrogen-bond donors (Lipinski definition) is 1. The fourth-order valence-electron chi connectivity index (χ4n) is 2.86. The molecule has 0 bridgehead atoms. The topological polar surface area (TPSA) is 103 Å². The van der Waals surface area contributed by atoms with Crippen LogP contribution in [0.15, 0.2) is 28.0 Å². The molecule has 9 heteroatoms. The summed E-state index contributed by atoms with van der Waals surface area (Å²) in [4.78, 5) is 27.4. The third kappa shape index (κ3) is 2.76. The summed E-state index contributed by atoms with van der Waals surface area (Å²) in [6.07, 6.45) is 3.01. The zero-order valence-corrected chi connectivity index (χ0v) is 15.0. The van der Waals surface area contributed by atoms with Crippen LogP contribution in [0.2, 0.25) is 0 Å². The maximum atomic E-state index is 12.7. The number of nitro groups is 1. The molecule has 1 N–H and O–H groups in total. The van der Waals surface area contributed by atoms with E-state index in [9.17, 15) is 20.0 Å². The van der Waals surface area contributed by atoms with Crippen molar-refractivity contribution in [1.82, 2.24) is 9.13 Å². The highest BCUT2D eigenvalue weighted by Crippen LogP contribution is 2.35. The van der Waals surface area contributed by atoms with E-state index in [2.05, 4.69) is 4.99 Å². The van der Waals surface area contributed by atoms with Crippen LogP contribution in [0.25, 0.3) is 11.6 Å². The van der Waals surface area contributed by atoms with Gasteiger partial charge in [0.25, 0.3) is 11.2 Å². The summed E-state index contributed by atoms with van der Waals surface area (Å²) >= 11 is 5.26. The third-order valence-corrected chi connectivity index (χ3v) is 4.65. The summed E-state index contributed by atoms with van der Waals surface area (Å²) in [6.45, 7) is 4.37. The first-order valence-corrected chi connectivity index (χ1v) is 8.41. The van der Waals surface area contributed by atoms with Gasteiger partial charge in [-0.2, -0.15) is 0 Å². The molecule has 0 fully saturated rings. The average Bonchev–Trinajstić information content (AvgIpc) is 3.01. The van der Waals surface area contributed by atoms with E-state index in [0.29, 0.717) is 29.9 Å². The van der Waals surface area contributed by atoms with Crippen LogP contribution >= 0.6 is 12.2 Å². The van der Waals surface area contributed by atoms with Gasteiger partial charge in [-0.05, 0) is 38.2 Å². The molecule has 0 unspecified atom stereocenters. The van der Waals surface area contributed by atoms with Crippen molar-refractivity contribution in [3.8, 4) is 5.88 Å². The lowest BCUT2D eigenvalue weighted by molar-refractivity contribution is -0.384. The van der Waals surface area contributed by atoms with E-state index in [4.69, 9.17) is 12.2 Å². The van der Waals surface area contributed by atoms with Crippen LogP contribution < -0.4 is 5.56 Å². The molecule has 3 rings (SSSR count). The minimum Gasteiger partial charge on any atom is -0.494 e. The van der Waals surface area contributed by atoms with Crippen LogP contribution in [0, 0.1) is 14.9 Å². The van der Waals surface area contributed by atoms with E-state index in [0.717, 1.165) is 0 Å². The Balaban J connectivity index is 2.25. The van der Waals surface area contributed by atoms with Crippen molar-refractivity contribution >= 4 is 41.5 Å². The molecule has 2 heterocycles. The number of rotatable bonds is 4. The normalized spacial score (nSPS) is 14.0. The average molecular weight is 372 g/mol. The van der Waals surface area contributed by atoms with Crippen LogP contribution in [0.1, 0.15) is 25.0 Å². The smallest absolute Gasteiger partial charge is 0.270 e. The molecule has 1 aromatic heterocycles. The first kappa shape index (κ1) is 17.7. The molecule has 0 saturated carbocycles. The molecule has 26 heavy (non-hydrogen) atoms. The molecule has 0 spiro atoms. The fraction of sp³-hybridized carbons (Fsp3) is 0.235. The van der Waals surface area contributed by atoms with Gasteiger partial charge in [-0.1, -0.05) is 0 Å². The maximum absolute atomic E-state index is 12.7. The van der Waals surface area contributed by atoms with Gasteiger partial charge in [-0.15, -0.1) is 0 Å². The molecule has 134 valence electrons. The van der Waals surface area contributed by atoms with Gasteiger partial charge in [-0.3, -0.25) is 29.0 Å². The number of hydrogen-bond acceptors (Lipinski definition) is 6. The van der Waals surface area contributed by atoms with Crippen molar-refractivity contribution in [3.05, 3.63) is 54.6 Å². The first-order chi connectivity index (χ1) is 12.4. The molecule has 0 radical (unpaired) electrons. The third-order valence-electron chi connectivity index (χ3n) is 4.21. The van der Waals surface area contributed by atoms with Gasteiger partial charge in [-0.25, -0.2) is 0 Å². The zero-order valence-electron chi connectivity index (χ0n) is 14.2. The fourth-order valence-corrected chi connectivity index (χ4v) is 3.29. The number of fused-ring (bicyclic) bond motifs is 1. The van der Waals surface area contributed by atoms with Crippen LogP contribution in [0.5, 0.6) is 5.88 Å². The van der Waals surface area contributed by atoms with Gasteiger partial charge in [0, 0.05) is 42.6 Å². The Hall–Kier alpha value is -3.07. The van der Waals surface area contributed by atoms with Gasteiger partial charge >= 0.3 is 0 Å². The van der Waals surface area contributed by atoms with E-state index in [-0.39, 0.29) is 21.9 Å². The van der Waals surface area contributed by atoms with Gasteiger partial charge in [0.1, 0.15) is 5.56 Å². The van der Waals surface area contributed by atoms with Crippen molar-refractivity contribution in [2.75, 3.05) is 0 Å². The number of aromatic nitrogens is 2. The molecule has 1 aliphatic heterocycles. The van der Waals surface area contributed by atoms with Crippen molar-refractivity contribution < 1.29 is 10.0 Å². The lowest BCUT2D eigenvalue weighted by Gasteiger charge is -2.14. The summed E-state index contributed by atoms with van der Waals surface area (Å²) in [5.41, 5.74) is 1.20. The zero-order chi connectivity index (χ0) is 19.0. The summed E-state index contributed by atoms with van der Waals surface area (Å²) in [7, 11) is 0. The molecule has 2 aromatic rings. The number of benzene rings is 1. The molecule has 0 atom stereocenters. The van der Waals surface area contributed by atoms with E-state index in [1.807, 2.05) is 6.92 Å². The Kier molecular flexibility index (Phi) is 4.56. The van der Waals surface area contributed by atoms with Gasteiger partial charge < -0.3 is 5.11 Å².